The Morgan fingerprint density at radius 2 is 2.00 bits per heavy atom. The van der Waals surface area contributed by atoms with Crippen molar-refractivity contribution in [1.29, 1.82) is 0 Å². The molecule has 3 rings (SSSR count). The van der Waals surface area contributed by atoms with Crippen LogP contribution in [0.4, 0.5) is 0 Å². The highest BCUT2D eigenvalue weighted by Gasteiger charge is 2.64. The number of nitro groups is 1. The molecule has 170 valence electrons. The highest BCUT2D eigenvalue weighted by Crippen LogP contribution is 2.51. The molecule has 0 saturated carbocycles. The van der Waals surface area contributed by atoms with Crippen LogP contribution >= 0.6 is 15.9 Å². The van der Waals surface area contributed by atoms with E-state index < -0.39 is 47.4 Å². The first-order valence-electron chi connectivity index (χ1n) is 10.6. The minimum absolute atomic E-state index is 0.122. The molecule has 9 heteroatoms. The van der Waals surface area contributed by atoms with Crippen LogP contribution in [0.1, 0.15) is 52.1 Å². The number of rotatable bonds is 5. The van der Waals surface area contributed by atoms with Crippen LogP contribution in [0, 0.1) is 21.4 Å². The fraction of sp³-hybridized carbons (Fsp3) is 0.636. The zero-order valence-electron chi connectivity index (χ0n) is 18.2. The number of carbonyl (C=O) groups excluding carboxylic acids is 2. The Kier molecular flexibility index (Phi) is 7.05. The minimum atomic E-state index is -1.18. The summed E-state index contributed by atoms with van der Waals surface area (Å²) in [5.74, 6) is -1.76. The summed E-state index contributed by atoms with van der Waals surface area (Å²) in [5.41, 5.74) is -0.0446. The molecule has 0 unspecified atom stereocenters. The SMILES string of the molecule is CCOC(=O)[C@@H]1[C@@H](C(C)(C)C)[C@H]([N+](=O)[O-])[C@H](c2ccccc2Br)N1C(=O)[C@@H]1CCCO1. The third-order valence-electron chi connectivity index (χ3n) is 6.09. The lowest BCUT2D eigenvalue weighted by molar-refractivity contribution is -0.536. The van der Waals surface area contributed by atoms with Gasteiger partial charge in [0.05, 0.1) is 12.5 Å². The number of esters is 1. The van der Waals surface area contributed by atoms with Crippen molar-refractivity contribution >= 4 is 27.8 Å². The van der Waals surface area contributed by atoms with Crippen LogP contribution < -0.4 is 0 Å². The second-order valence-electron chi connectivity index (χ2n) is 9.08. The molecule has 2 saturated heterocycles. The van der Waals surface area contributed by atoms with Gasteiger partial charge in [0.15, 0.2) is 0 Å². The minimum Gasteiger partial charge on any atom is -0.464 e. The zero-order chi connectivity index (χ0) is 22.9. The van der Waals surface area contributed by atoms with E-state index in [-0.39, 0.29) is 11.5 Å². The van der Waals surface area contributed by atoms with Crippen LogP contribution in [-0.4, -0.2) is 53.1 Å². The van der Waals surface area contributed by atoms with Crippen LogP contribution in [0.15, 0.2) is 28.7 Å². The average Bonchev–Trinajstić information content (AvgIpc) is 3.34. The van der Waals surface area contributed by atoms with Crippen LogP contribution in [-0.2, 0) is 19.1 Å². The number of carbonyl (C=O) groups is 2. The maximum absolute atomic E-state index is 13.7. The van der Waals surface area contributed by atoms with Crippen LogP contribution in [0.25, 0.3) is 0 Å². The van der Waals surface area contributed by atoms with Crippen molar-refractivity contribution in [3.63, 3.8) is 0 Å². The molecule has 5 atom stereocenters. The largest absolute Gasteiger partial charge is 0.464 e. The number of halogens is 1. The van der Waals surface area contributed by atoms with Gasteiger partial charge in [-0.3, -0.25) is 14.9 Å². The number of nitrogens with zero attached hydrogens (tertiary/aromatic N) is 2. The van der Waals surface area contributed by atoms with Crippen molar-refractivity contribution < 1.29 is 24.0 Å². The first-order valence-corrected chi connectivity index (χ1v) is 11.4. The number of ether oxygens (including phenoxy) is 2. The summed E-state index contributed by atoms with van der Waals surface area (Å²) in [7, 11) is 0. The van der Waals surface area contributed by atoms with Gasteiger partial charge in [0, 0.05) is 16.0 Å². The van der Waals surface area contributed by atoms with E-state index in [1.54, 1.807) is 31.2 Å². The molecular formula is C22H29BrN2O6. The van der Waals surface area contributed by atoms with E-state index in [2.05, 4.69) is 15.9 Å². The highest BCUT2D eigenvalue weighted by atomic mass is 79.9. The summed E-state index contributed by atoms with van der Waals surface area (Å²) in [5, 5.41) is 12.4. The number of hydrogen-bond donors (Lipinski definition) is 0. The molecule has 2 fully saturated rings. The van der Waals surface area contributed by atoms with Crippen molar-refractivity contribution in [3.05, 3.63) is 44.4 Å². The van der Waals surface area contributed by atoms with Crippen LogP contribution in [0.3, 0.4) is 0 Å². The fourth-order valence-electron chi connectivity index (χ4n) is 4.88. The van der Waals surface area contributed by atoms with Crippen LogP contribution in [0.2, 0.25) is 0 Å². The molecule has 1 amide bonds. The Hall–Kier alpha value is -2.00. The summed E-state index contributed by atoms with van der Waals surface area (Å²) in [6.45, 7) is 7.83. The lowest BCUT2D eigenvalue weighted by Crippen LogP contribution is -2.50. The third kappa shape index (κ3) is 4.48. The normalized spacial score (nSPS) is 28.5. The van der Waals surface area contributed by atoms with Crippen LogP contribution in [0.5, 0.6) is 0 Å². The molecule has 0 radical (unpaired) electrons. The van der Waals surface area contributed by atoms with E-state index in [9.17, 15) is 19.7 Å². The van der Waals surface area contributed by atoms with Crippen molar-refractivity contribution in [2.24, 2.45) is 11.3 Å². The van der Waals surface area contributed by atoms with Crippen molar-refractivity contribution in [1.82, 2.24) is 4.90 Å². The van der Waals surface area contributed by atoms with E-state index in [0.717, 1.165) is 6.42 Å². The molecule has 0 bridgehead atoms. The van der Waals surface area contributed by atoms with Crippen molar-refractivity contribution in [2.75, 3.05) is 13.2 Å². The van der Waals surface area contributed by atoms with Crippen molar-refractivity contribution in [2.45, 2.75) is 64.8 Å². The van der Waals surface area contributed by atoms with E-state index >= 15 is 0 Å². The Labute approximate surface area is 190 Å². The second kappa shape index (κ2) is 9.24. The number of likely N-dealkylation sites (tertiary alicyclic amines) is 1. The van der Waals surface area contributed by atoms with E-state index in [4.69, 9.17) is 9.47 Å². The molecular weight excluding hydrogens is 468 g/mol. The second-order valence-corrected chi connectivity index (χ2v) is 9.93. The zero-order valence-corrected chi connectivity index (χ0v) is 19.8. The molecule has 0 N–H and O–H groups in total. The molecule has 0 aliphatic carbocycles. The molecule has 1 aromatic rings. The molecule has 0 spiro atoms. The maximum Gasteiger partial charge on any atom is 0.329 e. The predicted octanol–water partition coefficient (Wildman–Crippen LogP) is 3.75. The van der Waals surface area contributed by atoms with Gasteiger partial charge in [-0.1, -0.05) is 54.9 Å². The van der Waals surface area contributed by atoms with E-state index in [1.165, 1.54) is 4.90 Å². The quantitative estimate of drug-likeness (QED) is 0.349. The Bertz CT molecular complexity index is 849. The van der Waals surface area contributed by atoms with Gasteiger partial charge in [-0.15, -0.1) is 0 Å². The molecule has 0 aromatic heterocycles. The van der Waals surface area contributed by atoms with Gasteiger partial charge in [0.2, 0.25) is 6.04 Å². The lowest BCUT2D eigenvalue weighted by Gasteiger charge is -2.34. The summed E-state index contributed by atoms with van der Waals surface area (Å²) < 4.78 is 11.6. The molecule has 2 heterocycles. The summed E-state index contributed by atoms with van der Waals surface area (Å²) >= 11 is 3.49. The van der Waals surface area contributed by atoms with Gasteiger partial charge in [-0.05, 0) is 36.8 Å². The predicted molar refractivity (Wildman–Crippen MR) is 117 cm³/mol. The number of amides is 1. The maximum atomic E-state index is 13.7. The van der Waals surface area contributed by atoms with E-state index in [1.807, 2.05) is 20.8 Å². The van der Waals surface area contributed by atoms with Gasteiger partial charge in [-0.25, -0.2) is 4.79 Å². The first-order chi connectivity index (χ1) is 14.6. The standard InChI is InChI=1S/C22H29BrN2O6/c1-5-30-21(27)19-16(22(2,3)4)18(25(28)29)17(13-9-6-7-10-14(13)23)24(19)20(26)15-11-8-12-31-15/h6-7,9-10,15-19H,5,8,11-12H2,1-4H3/t15-,16-,17-,18-,19-/m0/s1. The van der Waals surface area contributed by atoms with Gasteiger partial charge in [-0.2, -0.15) is 0 Å². The molecule has 1 aromatic carbocycles. The summed E-state index contributed by atoms with van der Waals surface area (Å²) in [4.78, 5) is 40.3. The molecule has 8 nitrogen and oxygen atoms in total. The molecule has 2 aliphatic rings. The van der Waals surface area contributed by atoms with Gasteiger partial charge >= 0.3 is 5.97 Å². The average molecular weight is 497 g/mol. The smallest absolute Gasteiger partial charge is 0.329 e. The van der Waals surface area contributed by atoms with E-state index in [0.29, 0.717) is 23.1 Å². The summed E-state index contributed by atoms with van der Waals surface area (Å²) in [6.07, 6.45) is 0.541. The van der Waals surface area contributed by atoms with Gasteiger partial charge in [0.1, 0.15) is 18.2 Å². The first kappa shape index (κ1) is 23.7. The third-order valence-corrected chi connectivity index (χ3v) is 6.81. The summed E-state index contributed by atoms with van der Waals surface area (Å²) in [6, 6.07) is 3.93. The Morgan fingerprint density at radius 3 is 2.52 bits per heavy atom. The highest BCUT2D eigenvalue weighted by molar-refractivity contribution is 9.10. The van der Waals surface area contributed by atoms with Gasteiger partial charge < -0.3 is 14.4 Å². The number of benzene rings is 1. The van der Waals surface area contributed by atoms with Crippen molar-refractivity contribution in [3.8, 4) is 0 Å². The number of hydrogen-bond acceptors (Lipinski definition) is 6. The van der Waals surface area contributed by atoms with Gasteiger partial charge in [0.25, 0.3) is 5.91 Å². The molecule has 31 heavy (non-hydrogen) atoms. The Balaban J connectivity index is 2.24. The fourth-order valence-corrected chi connectivity index (χ4v) is 5.39. The topological polar surface area (TPSA) is 99.0 Å². The Morgan fingerprint density at radius 1 is 1.32 bits per heavy atom. The lowest BCUT2D eigenvalue weighted by atomic mass is 9.73. The monoisotopic (exact) mass is 496 g/mol. The molecule has 2 aliphatic heterocycles.